The molecule has 6 nitrogen and oxygen atoms in total. The van der Waals surface area contributed by atoms with Gasteiger partial charge in [-0.2, -0.15) is 4.98 Å². The minimum atomic E-state index is -0.299. The fourth-order valence-electron chi connectivity index (χ4n) is 4.14. The monoisotopic (exact) mass is 408 g/mol. The number of hydrogen-bond acceptors (Lipinski definition) is 5. The number of aryl methyl sites for hydroxylation is 2. The molecule has 2 aromatic rings. The standard InChI is InChI=1S/C20H25FN4O2.ClH/c1-12-3-4-13(9-17(12)21)20-23-18(27-24-20)7-8-19(26)25(2)16-10-14-5-6-15(11-16)22-14;/h3-4,9,14-16,22H,5-8,10-11H2,1-2H3;1H. The topological polar surface area (TPSA) is 71.3 Å². The van der Waals surface area contributed by atoms with E-state index in [1.165, 1.54) is 18.9 Å². The Kier molecular flexibility index (Phi) is 6.35. The maximum Gasteiger partial charge on any atom is 0.227 e. The van der Waals surface area contributed by atoms with E-state index in [0.717, 1.165) is 12.8 Å². The van der Waals surface area contributed by atoms with E-state index >= 15 is 0 Å². The fraction of sp³-hybridized carbons (Fsp3) is 0.550. The lowest BCUT2D eigenvalue weighted by Crippen LogP contribution is -2.48. The van der Waals surface area contributed by atoms with Crippen LogP contribution in [-0.4, -0.2) is 46.1 Å². The Morgan fingerprint density at radius 1 is 1.32 bits per heavy atom. The fourth-order valence-corrected chi connectivity index (χ4v) is 4.14. The predicted octanol–water partition coefficient (Wildman–Crippen LogP) is 3.28. The van der Waals surface area contributed by atoms with Gasteiger partial charge >= 0.3 is 0 Å². The summed E-state index contributed by atoms with van der Waals surface area (Å²) in [6, 6.07) is 6.26. The summed E-state index contributed by atoms with van der Waals surface area (Å²) in [5, 5.41) is 7.51. The number of benzene rings is 1. The first-order valence-corrected chi connectivity index (χ1v) is 9.60. The zero-order chi connectivity index (χ0) is 19.0. The number of nitrogens with zero attached hydrogens (tertiary/aromatic N) is 3. The van der Waals surface area contributed by atoms with Gasteiger partial charge in [0.25, 0.3) is 0 Å². The molecule has 2 atom stereocenters. The van der Waals surface area contributed by atoms with Crippen LogP contribution in [0.1, 0.15) is 43.6 Å². The minimum Gasteiger partial charge on any atom is -0.343 e. The first-order chi connectivity index (χ1) is 13.0. The Morgan fingerprint density at radius 2 is 2.04 bits per heavy atom. The molecule has 1 aromatic heterocycles. The second-order valence-corrected chi connectivity index (χ2v) is 7.74. The van der Waals surface area contributed by atoms with Gasteiger partial charge in [0.2, 0.25) is 17.6 Å². The van der Waals surface area contributed by atoms with Crippen LogP contribution in [0.4, 0.5) is 4.39 Å². The summed E-state index contributed by atoms with van der Waals surface area (Å²) in [6.07, 6.45) is 5.22. The number of rotatable bonds is 5. The largest absolute Gasteiger partial charge is 0.343 e. The molecule has 0 radical (unpaired) electrons. The van der Waals surface area contributed by atoms with E-state index in [-0.39, 0.29) is 24.1 Å². The number of hydrogen-bond donors (Lipinski definition) is 1. The average molecular weight is 409 g/mol. The summed E-state index contributed by atoms with van der Waals surface area (Å²) in [5.41, 5.74) is 1.14. The van der Waals surface area contributed by atoms with E-state index in [9.17, 15) is 9.18 Å². The van der Waals surface area contributed by atoms with E-state index in [1.54, 1.807) is 19.1 Å². The van der Waals surface area contributed by atoms with Crippen molar-refractivity contribution < 1.29 is 13.7 Å². The minimum absolute atomic E-state index is 0. The van der Waals surface area contributed by atoms with Gasteiger partial charge in [0.1, 0.15) is 5.82 Å². The molecule has 0 aliphatic carbocycles. The highest BCUT2D eigenvalue weighted by molar-refractivity contribution is 5.85. The van der Waals surface area contributed by atoms with Crippen molar-refractivity contribution in [2.75, 3.05) is 7.05 Å². The van der Waals surface area contributed by atoms with Crippen LogP contribution in [0.3, 0.4) is 0 Å². The van der Waals surface area contributed by atoms with Crippen molar-refractivity contribution in [3.63, 3.8) is 0 Å². The molecule has 1 amide bonds. The molecule has 2 bridgehead atoms. The zero-order valence-electron chi connectivity index (χ0n) is 16.2. The molecule has 2 unspecified atom stereocenters. The molecule has 0 saturated carbocycles. The SMILES string of the molecule is Cc1ccc(-c2noc(CCC(=O)N(C)C3CC4CCC(C3)N4)n2)cc1F.Cl. The molecule has 152 valence electrons. The highest BCUT2D eigenvalue weighted by Crippen LogP contribution is 2.29. The third kappa shape index (κ3) is 4.36. The smallest absolute Gasteiger partial charge is 0.227 e. The highest BCUT2D eigenvalue weighted by Gasteiger charge is 2.36. The predicted molar refractivity (Wildman–Crippen MR) is 106 cm³/mol. The van der Waals surface area contributed by atoms with E-state index in [1.807, 2.05) is 11.9 Å². The lowest BCUT2D eigenvalue weighted by atomic mass is 9.98. The molecule has 3 heterocycles. The van der Waals surface area contributed by atoms with Gasteiger partial charge in [-0.15, -0.1) is 12.4 Å². The maximum atomic E-state index is 13.7. The summed E-state index contributed by atoms with van der Waals surface area (Å²) in [5.74, 6) is 0.548. The maximum absolute atomic E-state index is 13.7. The van der Waals surface area contributed by atoms with Crippen LogP contribution in [0.2, 0.25) is 0 Å². The first-order valence-electron chi connectivity index (χ1n) is 9.60. The average Bonchev–Trinajstić information content (AvgIpc) is 3.27. The van der Waals surface area contributed by atoms with Gasteiger partial charge in [0.15, 0.2) is 0 Å². The zero-order valence-corrected chi connectivity index (χ0v) is 17.0. The third-order valence-electron chi connectivity index (χ3n) is 5.84. The Morgan fingerprint density at radius 3 is 2.71 bits per heavy atom. The van der Waals surface area contributed by atoms with Crippen LogP contribution in [0.25, 0.3) is 11.4 Å². The van der Waals surface area contributed by atoms with E-state index in [2.05, 4.69) is 15.5 Å². The molecule has 2 saturated heterocycles. The summed E-state index contributed by atoms with van der Waals surface area (Å²) in [6.45, 7) is 1.71. The van der Waals surface area contributed by atoms with Gasteiger partial charge in [-0.05, 0) is 44.2 Å². The van der Waals surface area contributed by atoms with E-state index in [4.69, 9.17) is 4.52 Å². The van der Waals surface area contributed by atoms with Crippen molar-refractivity contribution in [1.82, 2.24) is 20.4 Å². The van der Waals surface area contributed by atoms with Gasteiger partial charge in [-0.1, -0.05) is 17.3 Å². The Labute approximate surface area is 170 Å². The number of nitrogens with one attached hydrogen (secondary N) is 1. The number of halogens is 2. The van der Waals surface area contributed by atoms with Gasteiger partial charge in [-0.25, -0.2) is 4.39 Å². The molecular weight excluding hydrogens is 383 g/mol. The Bertz CT molecular complexity index is 831. The second-order valence-electron chi connectivity index (χ2n) is 7.74. The molecule has 2 aliphatic heterocycles. The summed E-state index contributed by atoms with van der Waals surface area (Å²) in [7, 11) is 1.89. The van der Waals surface area contributed by atoms with Crippen molar-refractivity contribution in [1.29, 1.82) is 0 Å². The van der Waals surface area contributed by atoms with E-state index < -0.39 is 0 Å². The van der Waals surface area contributed by atoms with Gasteiger partial charge < -0.3 is 14.7 Å². The number of amides is 1. The Balaban J connectivity index is 0.00000225. The molecule has 0 spiro atoms. The molecule has 2 aliphatic rings. The number of carbonyl (C=O) groups excluding carboxylic acids is 1. The van der Waals surface area contributed by atoms with Crippen molar-refractivity contribution in [2.45, 2.75) is 63.6 Å². The third-order valence-corrected chi connectivity index (χ3v) is 5.84. The molecular formula is C20H26ClFN4O2. The number of carbonyl (C=O) groups is 1. The molecule has 1 aromatic carbocycles. The van der Waals surface area contributed by atoms with Crippen molar-refractivity contribution in [3.8, 4) is 11.4 Å². The summed E-state index contributed by atoms with van der Waals surface area (Å²) >= 11 is 0. The molecule has 28 heavy (non-hydrogen) atoms. The quantitative estimate of drug-likeness (QED) is 0.822. The van der Waals surface area contributed by atoms with Crippen LogP contribution >= 0.6 is 12.4 Å². The number of piperidine rings is 1. The van der Waals surface area contributed by atoms with Gasteiger partial charge in [0.05, 0.1) is 0 Å². The summed E-state index contributed by atoms with van der Waals surface area (Å²) in [4.78, 5) is 18.8. The van der Waals surface area contributed by atoms with Gasteiger partial charge in [-0.3, -0.25) is 4.79 Å². The molecule has 1 N–H and O–H groups in total. The number of aromatic nitrogens is 2. The van der Waals surface area contributed by atoms with Crippen molar-refractivity contribution in [3.05, 3.63) is 35.5 Å². The summed E-state index contributed by atoms with van der Waals surface area (Å²) < 4.78 is 19.0. The van der Waals surface area contributed by atoms with Crippen molar-refractivity contribution in [2.24, 2.45) is 0 Å². The molecule has 8 heteroatoms. The lowest BCUT2D eigenvalue weighted by molar-refractivity contribution is -0.132. The van der Waals surface area contributed by atoms with E-state index in [0.29, 0.717) is 53.8 Å². The second kappa shape index (κ2) is 8.57. The van der Waals surface area contributed by atoms with Gasteiger partial charge in [0, 0.05) is 43.6 Å². The molecule has 4 rings (SSSR count). The lowest BCUT2D eigenvalue weighted by Gasteiger charge is -2.35. The highest BCUT2D eigenvalue weighted by atomic mass is 35.5. The Hall–Kier alpha value is -1.99. The van der Waals surface area contributed by atoms with Crippen molar-refractivity contribution >= 4 is 18.3 Å². The number of fused-ring (bicyclic) bond motifs is 2. The van der Waals surface area contributed by atoms with Crippen LogP contribution in [-0.2, 0) is 11.2 Å². The van der Waals surface area contributed by atoms with Crippen LogP contribution in [0.5, 0.6) is 0 Å². The van der Waals surface area contributed by atoms with Crippen LogP contribution in [0, 0.1) is 12.7 Å². The first kappa shape index (κ1) is 20.7. The normalized spacial score (nSPS) is 23.3. The molecule has 2 fully saturated rings. The van der Waals surface area contributed by atoms with Crippen LogP contribution < -0.4 is 5.32 Å². The van der Waals surface area contributed by atoms with Crippen LogP contribution in [0.15, 0.2) is 22.7 Å².